The first-order valence-electron chi connectivity index (χ1n) is 5.00. The second-order valence-electron chi connectivity index (χ2n) is 3.16. The highest BCUT2D eigenvalue weighted by Crippen LogP contribution is 2.02. The molecule has 0 saturated carbocycles. The van der Waals surface area contributed by atoms with Crippen LogP contribution in [0.1, 0.15) is 12.5 Å². The predicted molar refractivity (Wildman–Crippen MR) is 57.4 cm³/mol. The van der Waals surface area contributed by atoms with Gasteiger partial charge in [0.15, 0.2) is 0 Å². The van der Waals surface area contributed by atoms with Crippen molar-refractivity contribution in [2.24, 2.45) is 0 Å². The summed E-state index contributed by atoms with van der Waals surface area (Å²) in [5.41, 5.74) is 1.02. The van der Waals surface area contributed by atoms with Crippen LogP contribution in [0.4, 0.5) is 0 Å². The highest BCUT2D eigenvalue weighted by atomic mass is 16.5. The highest BCUT2D eigenvalue weighted by molar-refractivity contribution is 5.76. The Morgan fingerprint density at radius 1 is 1.67 bits per heavy atom. The average Bonchev–Trinajstić information content (AvgIpc) is 2.27. The van der Waals surface area contributed by atoms with E-state index in [0.717, 1.165) is 5.56 Å². The van der Waals surface area contributed by atoms with E-state index in [0.29, 0.717) is 13.0 Å². The Labute approximate surface area is 89.7 Å². The lowest BCUT2D eigenvalue weighted by Crippen LogP contribution is -2.37. The first-order valence-corrected chi connectivity index (χ1v) is 5.00. The lowest BCUT2D eigenvalue weighted by molar-refractivity contribution is -0.145. The number of carbonyl (C=O) groups is 1. The molecule has 4 nitrogen and oxygen atoms in total. The molecule has 1 heterocycles. The van der Waals surface area contributed by atoms with E-state index >= 15 is 0 Å². The van der Waals surface area contributed by atoms with Crippen molar-refractivity contribution >= 4 is 5.97 Å². The molecule has 0 aromatic carbocycles. The number of carbonyl (C=O) groups excluding carboxylic acids is 1. The number of aromatic nitrogens is 1. The maximum Gasteiger partial charge on any atom is 0.323 e. The van der Waals surface area contributed by atoms with E-state index in [4.69, 9.17) is 4.74 Å². The number of pyridine rings is 1. The molecule has 82 valence electrons. The lowest BCUT2D eigenvalue weighted by Gasteiger charge is -2.14. The predicted octanol–water partition coefficient (Wildman–Crippen LogP) is 0.775. The van der Waals surface area contributed by atoms with Crippen LogP contribution in [0.2, 0.25) is 0 Å². The molecule has 0 bridgehead atoms. The van der Waals surface area contributed by atoms with Gasteiger partial charge >= 0.3 is 5.97 Å². The molecule has 1 aromatic rings. The number of hydrogen-bond acceptors (Lipinski definition) is 4. The average molecular weight is 208 g/mol. The number of hydrogen-bond donors (Lipinski definition) is 1. The van der Waals surface area contributed by atoms with Crippen LogP contribution in [0, 0.1) is 0 Å². The van der Waals surface area contributed by atoms with Crippen molar-refractivity contribution in [2.45, 2.75) is 19.4 Å². The zero-order valence-electron chi connectivity index (χ0n) is 9.06. The molecule has 15 heavy (non-hydrogen) atoms. The maximum atomic E-state index is 11.5. The van der Waals surface area contributed by atoms with Gasteiger partial charge < -0.3 is 10.1 Å². The van der Waals surface area contributed by atoms with E-state index in [1.807, 2.05) is 12.1 Å². The van der Waals surface area contributed by atoms with Gasteiger partial charge in [0.2, 0.25) is 0 Å². The van der Waals surface area contributed by atoms with Gasteiger partial charge in [0.1, 0.15) is 6.04 Å². The number of esters is 1. The fraction of sp³-hybridized carbons (Fsp3) is 0.455. The molecule has 0 radical (unpaired) electrons. The van der Waals surface area contributed by atoms with Gasteiger partial charge in [-0.05, 0) is 32.0 Å². The zero-order valence-corrected chi connectivity index (χ0v) is 9.06. The van der Waals surface area contributed by atoms with Gasteiger partial charge in [-0.1, -0.05) is 6.07 Å². The third-order valence-corrected chi connectivity index (χ3v) is 2.08. The fourth-order valence-electron chi connectivity index (χ4n) is 1.30. The van der Waals surface area contributed by atoms with Gasteiger partial charge in [0, 0.05) is 12.4 Å². The number of likely N-dealkylation sites (N-methyl/N-ethyl adjacent to an activating group) is 1. The van der Waals surface area contributed by atoms with Crippen molar-refractivity contribution in [2.75, 3.05) is 13.7 Å². The minimum Gasteiger partial charge on any atom is -0.465 e. The summed E-state index contributed by atoms with van der Waals surface area (Å²) >= 11 is 0. The Bertz CT molecular complexity index is 301. The van der Waals surface area contributed by atoms with Crippen LogP contribution < -0.4 is 5.32 Å². The van der Waals surface area contributed by atoms with Gasteiger partial charge in [-0.15, -0.1) is 0 Å². The van der Waals surface area contributed by atoms with Crippen molar-refractivity contribution < 1.29 is 9.53 Å². The quantitative estimate of drug-likeness (QED) is 0.726. The van der Waals surface area contributed by atoms with E-state index in [9.17, 15) is 4.79 Å². The van der Waals surface area contributed by atoms with E-state index in [2.05, 4.69) is 10.3 Å². The second-order valence-corrected chi connectivity index (χ2v) is 3.16. The number of nitrogens with one attached hydrogen (secondary N) is 1. The minimum atomic E-state index is -0.297. The Balaban J connectivity index is 2.58. The van der Waals surface area contributed by atoms with Gasteiger partial charge in [-0.3, -0.25) is 9.78 Å². The summed E-state index contributed by atoms with van der Waals surface area (Å²) in [6, 6.07) is 3.50. The molecule has 0 amide bonds. The van der Waals surface area contributed by atoms with Crippen LogP contribution in [0.25, 0.3) is 0 Å². The van der Waals surface area contributed by atoms with Gasteiger partial charge in [-0.2, -0.15) is 0 Å². The first kappa shape index (κ1) is 11.7. The largest absolute Gasteiger partial charge is 0.465 e. The number of ether oxygens (including phenoxy) is 1. The van der Waals surface area contributed by atoms with Crippen LogP contribution >= 0.6 is 0 Å². The van der Waals surface area contributed by atoms with E-state index < -0.39 is 0 Å². The van der Waals surface area contributed by atoms with Crippen molar-refractivity contribution in [3.05, 3.63) is 30.1 Å². The van der Waals surface area contributed by atoms with Crippen molar-refractivity contribution in [3.8, 4) is 0 Å². The van der Waals surface area contributed by atoms with Crippen LogP contribution in [0.3, 0.4) is 0 Å². The van der Waals surface area contributed by atoms with Crippen LogP contribution in [0.5, 0.6) is 0 Å². The van der Waals surface area contributed by atoms with Gasteiger partial charge in [0.25, 0.3) is 0 Å². The molecule has 0 spiro atoms. The van der Waals surface area contributed by atoms with E-state index in [1.165, 1.54) is 0 Å². The molecule has 0 aliphatic rings. The fourth-order valence-corrected chi connectivity index (χ4v) is 1.30. The standard InChI is InChI=1S/C11H16N2O2/c1-3-15-11(14)10(12-2)7-9-5-4-6-13-8-9/h4-6,8,10,12H,3,7H2,1-2H3. The molecule has 0 aliphatic carbocycles. The maximum absolute atomic E-state index is 11.5. The third-order valence-electron chi connectivity index (χ3n) is 2.08. The molecule has 1 unspecified atom stereocenters. The summed E-state index contributed by atoms with van der Waals surface area (Å²) < 4.78 is 4.95. The van der Waals surface area contributed by atoms with E-state index in [-0.39, 0.29) is 12.0 Å². The van der Waals surface area contributed by atoms with Crippen molar-refractivity contribution in [1.82, 2.24) is 10.3 Å². The topological polar surface area (TPSA) is 51.2 Å². The van der Waals surface area contributed by atoms with Crippen molar-refractivity contribution in [3.63, 3.8) is 0 Å². The summed E-state index contributed by atoms with van der Waals surface area (Å²) in [5.74, 6) is -0.219. The second kappa shape index (κ2) is 6.14. The Morgan fingerprint density at radius 3 is 3.00 bits per heavy atom. The Kier molecular flexibility index (Phi) is 4.77. The zero-order chi connectivity index (χ0) is 11.1. The smallest absolute Gasteiger partial charge is 0.323 e. The lowest BCUT2D eigenvalue weighted by atomic mass is 10.1. The molecule has 1 aromatic heterocycles. The molecule has 0 saturated heterocycles. The third kappa shape index (κ3) is 3.67. The van der Waals surface area contributed by atoms with Crippen molar-refractivity contribution in [1.29, 1.82) is 0 Å². The molecular formula is C11H16N2O2. The minimum absolute atomic E-state index is 0.219. The van der Waals surface area contributed by atoms with Crippen LogP contribution in [-0.4, -0.2) is 30.6 Å². The number of rotatable bonds is 5. The SMILES string of the molecule is CCOC(=O)C(Cc1cccnc1)NC. The van der Waals surface area contributed by atoms with Gasteiger partial charge in [-0.25, -0.2) is 0 Å². The summed E-state index contributed by atoms with van der Waals surface area (Å²) in [7, 11) is 1.75. The van der Waals surface area contributed by atoms with Crippen LogP contribution in [-0.2, 0) is 16.0 Å². The first-order chi connectivity index (χ1) is 7.27. The van der Waals surface area contributed by atoms with Crippen LogP contribution in [0.15, 0.2) is 24.5 Å². The summed E-state index contributed by atoms with van der Waals surface area (Å²) in [5, 5.41) is 2.93. The molecule has 4 heteroatoms. The summed E-state index contributed by atoms with van der Waals surface area (Å²) in [6.45, 7) is 2.21. The molecule has 1 atom stereocenters. The Morgan fingerprint density at radius 2 is 2.47 bits per heavy atom. The summed E-state index contributed by atoms with van der Waals surface area (Å²) in [4.78, 5) is 15.5. The molecule has 0 aliphatic heterocycles. The van der Waals surface area contributed by atoms with E-state index in [1.54, 1.807) is 26.4 Å². The molecule has 1 N–H and O–H groups in total. The monoisotopic (exact) mass is 208 g/mol. The summed E-state index contributed by atoms with van der Waals surface area (Å²) in [6.07, 6.45) is 4.06. The number of nitrogens with zero attached hydrogens (tertiary/aromatic N) is 1. The molecule has 0 fully saturated rings. The molecular weight excluding hydrogens is 192 g/mol. The Hall–Kier alpha value is -1.42. The molecule has 1 rings (SSSR count). The highest BCUT2D eigenvalue weighted by Gasteiger charge is 2.17. The normalized spacial score (nSPS) is 12.1. The van der Waals surface area contributed by atoms with Gasteiger partial charge in [0.05, 0.1) is 6.61 Å².